The maximum absolute atomic E-state index is 12.9. The van der Waals surface area contributed by atoms with Crippen LogP contribution in [0.1, 0.15) is 32.8 Å². The van der Waals surface area contributed by atoms with Gasteiger partial charge in [-0.2, -0.15) is 0 Å². The van der Waals surface area contributed by atoms with E-state index < -0.39 is 0 Å². The Kier molecular flexibility index (Phi) is 4.69. The summed E-state index contributed by atoms with van der Waals surface area (Å²) in [4.78, 5) is 0. The molecule has 1 nitrogen and oxygen atoms in total. The van der Waals surface area contributed by atoms with Crippen molar-refractivity contribution in [3.63, 3.8) is 0 Å². The van der Waals surface area contributed by atoms with Gasteiger partial charge in [0.05, 0.1) is 0 Å². The Morgan fingerprint density at radius 3 is 2.69 bits per heavy atom. The molecule has 0 aromatic heterocycles. The molecule has 0 saturated heterocycles. The summed E-state index contributed by atoms with van der Waals surface area (Å²) in [5, 5.41) is 3.39. The predicted octanol–water partition coefficient (Wildman–Crippen LogP) is 3.62. The van der Waals surface area contributed by atoms with Gasteiger partial charge in [0.25, 0.3) is 0 Å². The fraction of sp³-hybridized carbons (Fsp3) is 0.429. The summed E-state index contributed by atoms with van der Waals surface area (Å²) in [7, 11) is 0. The summed E-state index contributed by atoms with van der Waals surface area (Å²) < 4.78 is 12.9. The lowest BCUT2D eigenvalue weighted by Crippen LogP contribution is -2.36. The van der Waals surface area contributed by atoms with E-state index in [1.54, 1.807) is 6.07 Å². The van der Waals surface area contributed by atoms with Crippen molar-refractivity contribution < 1.29 is 4.39 Å². The summed E-state index contributed by atoms with van der Waals surface area (Å²) in [5.41, 5.74) is 1.07. The van der Waals surface area contributed by atoms with Crippen LogP contribution in [0.3, 0.4) is 0 Å². The molecule has 0 radical (unpaired) electrons. The van der Waals surface area contributed by atoms with Crippen LogP contribution in [-0.4, -0.2) is 12.1 Å². The van der Waals surface area contributed by atoms with Gasteiger partial charge in [-0.15, -0.1) is 0 Å². The fourth-order valence-electron chi connectivity index (χ4n) is 1.36. The SMILES string of the molecule is CC(C)(C)NCCC=Cc1cccc(F)c1. The van der Waals surface area contributed by atoms with Gasteiger partial charge >= 0.3 is 0 Å². The van der Waals surface area contributed by atoms with Gasteiger partial charge < -0.3 is 5.32 Å². The Balaban J connectivity index is 2.33. The molecule has 1 aromatic rings. The van der Waals surface area contributed by atoms with Crippen molar-refractivity contribution in [2.75, 3.05) is 6.54 Å². The first kappa shape index (κ1) is 12.9. The molecule has 16 heavy (non-hydrogen) atoms. The molecule has 0 unspecified atom stereocenters. The lowest BCUT2D eigenvalue weighted by atomic mass is 10.1. The van der Waals surface area contributed by atoms with E-state index in [9.17, 15) is 4.39 Å². The molecule has 0 saturated carbocycles. The van der Waals surface area contributed by atoms with Crippen LogP contribution in [0.15, 0.2) is 30.3 Å². The van der Waals surface area contributed by atoms with Crippen molar-refractivity contribution in [1.29, 1.82) is 0 Å². The van der Waals surface area contributed by atoms with E-state index in [0.29, 0.717) is 0 Å². The van der Waals surface area contributed by atoms with Crippen molar-refractivity contribution in [3.8, 4) is 0 Å². The molecule has 2 heteroatoms. The fourth-order valence-corrected chi connectivity index (χ4v) is 1.36. The van der Waals surface area contributed by atoms with Gasteiger partial charge in [0.15, 0.2) is 0 Å². The van der Waals surface area contributed by atoms with Crippen LogP contribution in [0.4, 0.5) is 4.39 Å². The van der Waals surface area contributed by atoms with Crippen LogP contribution >= 0.6 is 0 Å². The summed E-state index contributed by atoms with van der Waals surface area (Å²) in [5.74, 6) is -0.185. The highest BCUT2D eigenvalue weighted by Crippen LogP contribution is 2.06. The first-order valence-corrected chi connectivity index (χ1v) is 5.64. The van der Waals surface area contributed by atoms with Gasteiger partial charge in [0.2, 0.25) is 0 Å². The smallest absolute Gasteiger partial charge is 0.123 e. The molecule has 0 aliphatic heterocycles. The van der Waals surface area contributed by atoms with Gasteiger partial charge in [-0.3, -0.25) is 0 Å². The molecule has 0 amide bonds. The molecule has 0 spiro atoms. The third-order valence-corrected chi connectivity index (χ3v) is 2.13. The van der Waals surface area contributed by atoms with E-state index in [1.165, 1.54) is 12.1 Å². The average molecular weight is 221 g/mol. The highest BCUT2D eigenvalue weighted by molar-refractivity contribution is 5.48. The van der Waals surface area contributed by atoms with Crippen molar-refractivity contribution in [3.05, 3.63) is 41.7 Å². The molecular formula is C14H20FN. The summed E-state index contributed by atoms with van der Waals surface area (Å²) in [6.07, 6.45) is 4.97. The Hall–Kier alpha value is -1.15. The minimum Gasteiger partial charge on any atom is -0.312 e. The molecule has 1 aromatic carbocycles. The number of benzene rings is 1. The number of halogens is 1. The van der Waals surface area contributed by atoms with Gasteiger partial charge in [-0.1, -0.05) is 24.3 Å². The lowest BCUT2D eigenvalue weighted by molar-refractivity contribution is 0.431. The van der Waals surface area contributed by atoms with E-state index in [0.717, 1.165) is 18.5 Å². The second-order valence-electron chi connectivity index (χ2n) is 4.92. The second kappa shape index (κ2) is 5.80. The second-order valence-corrected chi connectivity index (χ2v) is 4.92. The standard InChI is InChI=1S/C14H20FN/c1-14(2,3)16-10-5-4-7-12-8-6-9-13(15)11-12/h4,6-9,11,16H,5,10H2,1-3H3. The zero-order valence-electron chi connectivity index (χ0n) is 10.3. The van der Waals surface area contributed by atoms with Crippen LogP contribution < -0.4 is 5.32 Å². The minimum absolute atomic E-state index is 0.159. The van der Waals surface area contributed by atoms with Crippen LogP contribution in [0.5, 0.6) is 0 Å². The summed E-state index contributed by atoms with van der Waals surface area (Å²) >= 11 is 0. The Morgan fingerprint density at radius 2 is 2.06 bits per heavy atom. The number of rotatable bonds is 4. The maximum atomic E-state index is 12.9. The van der Waals surface area contributed by atoms with Gasteiger partial charge in [-0.25, -0.2) is 4.39 Å². The number of hydrogen-bond donors (Lipinski definition) is 1. The summed E-state index contributed by atoms with van der Waals surface area (Å²) in [6.45, 7) is 7.37. The molecular weight excluding hydrogens is 201 g/mol. The van der Waals surface area contributed by atoms with E-state index >= 15 is 0 Å². The molecule has 88 valence electrons. The topological polar surface area (TPSA) is 12.0 Å². The molecule has 0 fully saturated rings. The first-order valence-electron chi connectivity index (χ1n) is 5.64. The maximum Gasteiger partial charge on any atom is 0.123 e. The first-order chi connectivity index (χ1) is 7.47. The largest absolute Gasteiger partial charge is 0.312 e. The van der Waals surface area contributed by atoms with Crippen LogP contribution in [0, 0.1) is 5.82 Å². The Labute approximate surface area is 97.4 Å². The molecule has 1 rings (SSSR count). The van der Waals surface area contributed by atoms with Crippen molar-refractivity contribution in [1.82, 2.24) is 5.32 Å². The van der Waals surface area contributed by atoms with Crippen molar-refractivity contribution >= 4 is 6.08 Å². The average Bonchev–Trinajstić information content (AvgIpc) is 2.15. The van der Waals surface area contributed by atoms with Crippen LogP contribution in [0.25, 0.3) is 6.08 Å². The minimum atomic E-state index is -0.185. The van der Waals surface area contributed by atoms with Gasteiger partial charge in [0, 0.05) is 5.54 Å². The highest BCUT2D eigenvalue weighted by Gasteiger charge is 2.06. The zero-order valence-corrected chi connectivity index (χ0v) is 10.3. The number of nitrogens with one attached hydrogen (secondary N) is 1. The molecule has 0 aliphatic rings. The van der Waals surface area contributed by atoms with Crippen molar-refractivity contribution in [2.45, 2.75) is 32.7 Å². The van der Waals surface area contributed by atoms with Crippen LogP contribution in [0.2, 0.25) is 0 Å². The number of hydrogen-bond acceptors (Lipinski definition) is 1. The highest BCUT2D eigenvalue weighted by atomic mass is 19.1. The third kappa shape index (κ3) is 5.66. The Morgan fingerprint density at radius 1 is 1.31 bits per heavy atom. The molecule has 0 bridgehead atoms. The predicted molar refractivity (Wildman–Crippen MR) is 67.8 cm³/mol. The van der Waals surface area contributed by atoms with E-state index in [1.807, 2.05) is 12.1 Å². The Bertz CT molecular complexity index is 350. The van der Waals surface area contributed by atoms with Crippen molar-refractivity contribution in [2.24, 2.45) is 0 Å². The lowest BCUT2D eigenvalue weighted by Gasteiger charge is -2.19. The van der Waals surface area contributed by atoms with Gasteiger partial charge in [-0.05, 0) is 51.4 Å². The van der Waals surface area contributed by atoms with Gasteiger partial charge in [0.1, 0.15) is 5.82 Å². The molecule has 0 atom stereocenters. The monoisotopic (exact) mass is 221 g/mol. The molecule has 0 aliphatic carbocycles. The normalized spacial score (nSPS) is 12.2. The van der Waals surface area contributed by atoms with E-state index in [2.05, 4.69) is 32.2 Å². The third-order valence-electron chi connectivity index (χ3n) is 2.13. The summed E-state index contributed by atoms with van der Waals surface area (Å²) in [6, 6.07) is 6.62. The van der Waals surface area contributed by atoms with E-state index in [-0.39, 0.29) is 11.4 Å². The zero-order chi connectivity index (χ0) is 12.0. The van der Waals surface area contributed by atoms with Crippen LogP contribution in [-0.2, 0) is 0 Å². The quantitative estimate of drug-likeness (QED) is 0.766. The van der Waals surface area contributed by atoms with E-state index in [4.69, 9.17) is 0 Å². The molecule has 1 N–H and O–H groups in total. The molecule has 0 heterocycles.